The van der Waals surface area contributed by atoms with Gasteiger partial charge in [0.15, 0.2) is 0 Å². The third-order valence-corrected chi connectivity index (χ3v) is 6.68. The minimum absolute atomic E-state index is 0.139. The van der Waals surface area contributed by atoms with Crippen LogP contribution in [0.1, 0.15) is 38.4 Å². The second kappa shape index (κ2) is 7.81. The first-order chi connectivity index (χ1) is 12.8. The molecule has 1 fully saturated rings. The lowest BCUT2D eigenvalue weighted by molar-refractivity contribution is -0.126. The fourth-order valence-electron chi connectivity index (χ4n) is 3.25. The number of carbonyl (C=O) groups is 1. The fourth-order valence-corrected chi connectivity index (χ4v) is 4.76. The van der Waals surface area contributed by atoms with Crippen molar-refractivity contribution in [1.29, 1.82) is 0 Å². The van der Waals surface area contributed by atoms with E-state index in [1.165, 1.54) is 21.4 Å². The summed E-state index contributed by atoms with van der Waals surface area (Å²) in [5, 5.41) is 11.3. The molecule has 0 radical (unpaired) electrons. The van der Waals surface area contributed by atoms with Crippen LogP contribution in [0.25, 0.3) is 0 Å². The first kappa shape index (κ1) is 19.6. The number of aromatic nitrogens is 4. The van der Waals surface area contributed by atoms with Gasteiger partial charge in [-0.3, -0.25) is 14.2 Å². The number of sulfonamides is 1. The molecule has 2 atom stereocenters. The van der Waals surface area contributed by atoms with E-state index in [0.29, 0.717) is 19.4 Å². The maximum Gasteiger partial charge on any atom is 0.246 e. The predicted molar refractivity (Wildman–Crippen MR) is 99.1 cm³/mol. The zero-order chi connectivity index (χ0) is 19.6. The van der Waals surface area contributed by atoms with Crippen molar-refractivity contribution < 1.29 is 13.2 Å². The molecule has 1 N–H and O–H groups in total. The normalized spacial score (nSPS) is 19.7. The molecule has 9 nitrogen and oxygen atoms in total. The van der Waals surface area contributed by atoms with Crippen molar-refractivity contribution in [2.75, 3.05) is 13.1 Å². The molecule has 0 unspecified atom stereocenters. The Kier molecular flexibility index (Phi) is 5.66. The van der Waals surface area contributed by atoms with Gasteiger partial charge in [0.2, 0.25) is 15.9 Å². The number of piperidine rings is 1. The van der Waals surface area contributed by atoms with E-state index < -0.39 is 10.0 Å². The number of aryl methyl sites for hydroxylation is 2. The second-order valence-electron chi connectivity index (χ2n) is 6.88. The summed E-state index contributed by atoms with van der Waals surface area (Å²) < 4.78 is 30.2. The van der Waals surface area contributed by atoms with Crippen LogP contribution in [0, 0.1) is 5.92 Å². The highest BCUT2D eigenvalue weighted by Gasteiger charge is 2.34. The Hall–Kier alpha value is -2.20. The molecular formula is C17H26N6O3S. The zero-order valence-electron chi connectivity index (χ0n) is 15.9. The van der Waals surface area contributed by atoms with E-state index in [9.17, 15) is 13.2 Å². The number of hydrogen-bond acceptors (Lipinski definition) is 5. The lowest BCUT2D eigenvalue weighted by atomic mass is 9.98. The van der Waals surface area contributed by atoms with Crippen LogP contribution in [0.4, 0.5) is 0 Å². The molecule has 148 valence electrons. The largest absolute Gasteiger partial charge is 0.348 e. The Morgan fingerprint density at radius 1 is 1.44 bits per heavy atom. The summed E-state index contributed by atoms with van der Waals surface area (Å²) in [6.45, 7) is 5.24. The van der Waals surface area contributed by atoms with Gasteiger partial charge in [0.05, 0.1) is 23.9 Å². The molecule has 27 heavy (non-hydrogen) atoms. The van der Waals surface area contributed by atoms with E-state index in [4.69, 9.17) is 0 Å². The van der Waals surface area contributed by atoms with Gasteiger partial charge >= 0.3 is 0 Å². The maximum absolute atomic E-state index is 12.8. The van der Waals surface area contributed by atoms with Gasteiger partial charge in [0.1, 0.15) is 4.90 Å². The van der Waals surface area contributed by atoms with E-state index in [-0.39, 0.29) is 29.3 Å². The molecule has 1 amide bonds. The molecule has 2 aromatic rings. The molecule has 0 saturated carbocycles. The summed E-state index contributed by atoms with van der Waals surface area (Å²) in [5.41, 5.74) is 0.792. The van der Waals surface area contributed by atoms with Gasteiger partial charge in [-0.1, -0.05) is 0 Å². The standard InChI is InChI=1S/C17H26N6O3S/c1-4-22-9-7-16(20-22)13(2)19-17(24)14-6-5-8-23(11-14)27(25,26)15-10-18-21(3)12-15/h7,9-10,12-14H,4-6,8,11H2,1-3H3,(H,19,24)/t13-,14-/m1/s1. The van der Waals surface area contributed by atoms with Gasteiger partial charge in [0, 0.05) is 39.1 Å². The van der Waals surface area contributed by atoms with E-state index in [1.807, 2.05) is 26.1 Å². The summed E-state index contributed by atoms with van der Waals surface area (Å²) >= 11 is 0. The van der Waals surface area contributed by atoms with Crippen molar-refractivity contribution in [3.05, 3.63) is 30.4 Å². The topological polar surface area (TPSA) is 102 Å². The Bertz CT molecular complexity index is 903. The number of nitrogens with zero attached hydrogens (tertiary/aromatic N) is 5. The summed E-state index contributed by atoms with van der Waals surface area (Å²) in [6, 6.07) is 1.66. The van der Waals surface area contributed by atoms with Crippen molar-refractivity contribution in [3.8, 4) is 0 Å². The molecule has 1 aliphatic heterocycles. The van der Waals surface area contributed by atoms with E-state index in [2.05, 4.69) is 15.5 Å². The van der Waals surface area contributed by atoms with Crippen molar-refractivity contribution in [1.82, 2.24) is 29.2 Å². The summed E-state index contributed by atoms with van der Waals surface area (Å²) in [5.74, 6) is -0.513. The monoisotopic (exact) mass is 394 g/mol. The highest BCUT2D eigenvalue weighted by molar-refractivity contribution is 7.89. The molecule has 10 heteroatoms. The number of nitrogens with one attached hydrogen (secondary N) is 1. The molecule has 3 heterocycles. The SMILES string of the molecule is CCn1ccc([C@@H](C)NC(=O)[C@@H]2CCCN(S(=O)(=O)c3cnn(C)c3)C2)n1. The molecule has 1 saturated heterocycles. The predicted octanol–water partition coefficient (Wildman–Crippen LogP) is 0.915. The minimum atomic E-state index is -3.63. The van der Waals surface area contributed by atoms with Crippen LogP contribution >= 0.6 is 0 Å². The first-order valence-corrected chi connectivity index (χ1v) is 10.6. The Balaban J connectivity index is 1.65. The van der Waals surface area contributed by atoms with Crippen LogP contribution in [0.5, 0.6) is 0 Å². The van der Waals surface area contributed by atoms with Crippen molar-refractivity contribution in [2.45, 2.75) is 44.2 Å². The van der Waals surface area contributed by atoms with Crippen LogP contribution in [-0.4, -0.2) is 51.3 Å². The zero-order valence-corrected chi connectivity index (χ0v) is 16.7. The lowest BCUT2D eigenvalue weighted by Gasteiger charge is -2.31. The average Bonchev–Trinajstić information content (AvgIpc) is 3.31. The maximum atomic E-state index is 12.8. The Morgan fingerprint density at radius 3 is 2.85 bits per heavy atom. The number of amides is 1. The van der Waals surface area contributed by atoms with Crippen molar-refractivity contribution in [3.63, 3.8) is 0 Å². The third-order valence-electron chi connectivity index (χ3n) is 4.86. The number of carbonyl (C=O) groups excluding carboxylic acids is 1. The molecule has 0 spiro atoms. The van der Waals surface area contributed by atoms with Gasteiger partial charge in [-0.05, 0) is 32.8 Å². The highest BCUT2D eigenvalue weighted by atomic mass is 32.2. The van der Waals surface area contributed by atoms with Gasteiger partial charge in [0.25, 0.3) is 0 Å². The van der Waals surface area contributed by atoms with Gasteiger partial charge < -0.3 is 5.32 Å². The summed E-state index contributed by atoms with van der Waals surface area (Å²) in [6.07, 6.45) is 6.01. The van der Waals surface area contributed by atoms with Gasteiger partial charge in [-0.25, -0.2) is 8.42 Å². The van der Waals surface area contributed by atoms with Crippen molar-refractivity contribution >= 4 is 15.9 Å². The van der Waals surface area contributed by atoms with Crippen LogP contribution < -0.4 is 5.32 Å². The molecule has 1 aliphatic rings. The highest BCUT2D eigenvalue weighted by Crippen LogP contribution is 2.24. The third kappa shape index (κ3) is 4.22. The van der Waals surface area contributed by atoms with E-state index in [0.717, 1.165) is 12.2 Å². The molecule has 0 bridgehead atoms. The number of hydrogen-bond donors (Lipinski definition) is 1. The average molecular weight is 395 g/mol. The fraction of sp³-hybridized carbons (Fsp3) is 0.588. The van der Waals surface area contributed by atoms with Crippen LogP contribution in [0.15, 0.2) is 29.6 Å². The van der Waals surface area contributed by atoms with Crippen LogP contribution in [0.2, 0.25) is 0 Å². The second-order valence-corrected chi connectivity index (χ2v) is 8.82. The molecule has 0 aliphatic carbocycles. The van der Waals surface area contributed by atoms with Crippen molar-refractivity contribution in [2.24, 2.45) is 13.0 Å². The smallest absolute Gasteiger partial charge is 0.246 e. The molecule has 3 rings (SSSR count). The van der Waals surface area contributed by atoms with Gasteiger partial charge in [-0.15, -0.1) is 0 Å². The molecular weight excluding hydrogens is 368 g/mol. The van der Waals surface area contributed by atoms with Crippen LogP contribution in [0.3, 0.4) is 0 Å². The van der Waals surface area contributed by atoms with E-state index in [1.54, 1.807) is 11.7 Å². The molecule has 2 aromatic heterocycles. The minimum Gasteiger partial charge on any atom is -0.348 e. The molecule has 0 aromatic carbocycles. The van der Waals surface area contributed by atoms with Gasteiger partial charge in [-0.2, -0.15) is 14.5 Å². The Morgan fingerprint density at radius 2 is 2.22 bits per heavy atom. The summed E-state index contributed by atoms with van der Waals surface area (Å²) in [7, 11) is -1.96. The summed E-state index contributed by atoms with van der Waals surface area (Å²) in [4.78, 5) is 12.8. The lowest BCUT2D eigenvalue weighted by Crippen LogP contribution is -2.45. The first-order valence-electron chi connectivity index (χ1n) is 9.13. The quantitative estimate of drug-likeness (QED) is 0.785. The Labute approximate surface area is 159 Å². The number of rotatable bonds is 6. The van der Waals surface area contributed by atoms with E-state index >= 15 is 0 Å². The van der Waals surface area contributed by atoms with Crippen LogP contribution in [-0.2, 0) is 28.4 Å².